The van der Waals surface area contributed by atoms with Gasteiger partial charge >= 0.3 is 0 Å². The molecule has 2 amide bonds. The summed E-state index contributed by atoms with van der Waals surface area (Å²) >= 11 is 1.41. The molecule has 4 rings (SSSR count). The van der Waals surface area contributed by atoms with Gasteiger partial charge in [0.2, 0.25) is 15.9 Å². The number of sulfonamides is 1. The van der Waals surface area contributed by atoms with Crippen molar-refractivity contribution in [1.29, 1.82) is 0 Å². The van der Waals surface area contributed by atoms with Gasteiger partial charge < -0.3 is 9.80 Å². The molecule has 3 heterocycles. The fourth-order valence-corrected chi connectivity index (χ4v) is 6.30. The Hall–Kier alpha value is -2.23. The molecule has 1 aromatic carbocycles. The minimum absolute atomic E-state index is 0.0125. The summed E-state index contributed by atoms with van der Waals surface area (Å²) in [5.74, 6) is -0.213. The largest absolute Gasteiger partial charge is 0.340 e. The third-order valence-corrected chi connectivity index (χ3v) is 8.77. The Morgan fingerprint density at radius 1 is 0.968 bits per heavy atom. The molecule has 0 unspecified atom stereocenters. The summed E-state index contributed by atoms with van der Waals surface area (Å²) in [7, 11) is -3.55. The highest BCUT2D eigenvalue weighted by Gasteiger charge is 2.35. The standard InChI is InChI=1S/C22H27N3O4S2/c1-17-6-8-19(9-7-17)31(28,29)25-13-11-23(12-14-25)21(26)18-4-2-10-24(16-18)22(27)20-5-3-15-30-20/h3,5-9,15,18H,2,4,10-14,16H2,1H3/t18-/m1/s1. The summed E-state index contributed by atoms with van der Waals surface area (Å²) in [6, 6.07) is 10.5. The predicted octanol–water partition coefficient (Wildman–Crippen LogP) is 2.44. The Bertz CT molecular complexity index is 1030. The Kier molecular flexibility index (Phi) is 6.45. The minimum atomic E-state index is -3.55. The molecule has 0 saturated carbocycles. The van der Waals surface area contributed by atoms with E-state index in [4.69, 9.17) is 0 Å². The SMILES string of the molecule is Cc1ccc(S(=O)(=O)N2CCN(C(=O)[C@@H]3CCCN(C(=O)c4cccs4)C3)CC2)cc1. The van der Waals surface area contributed by atoms with Gasteiger partial charge in [0.15, 0.2) is 0 Å². The van der Waals surface area contributed by atoms with Crippen molar-refractivity contribution in [3.8, 4) is 0 Å². The molecule has 2 aliphatic heterocycles. The second-order valence-corrected chi connectivity index (χ2v) is 11.0. The maximum absolute atomic E-state index is 13.1. The maximum atomic E-state index is 13.1. The van der Waals surface area contributed by atoms with Gasteiger partial charge in [0, 0.05) is 39.3 Å². The van der Waals surface area contributed by atoms with Gasteiger partial charge in [-0.15, -0.1) is 11.3 Å². The van der Waals surface area contributed by atoms with Gasteiger partial charge in [-0.05, 0) is 43.3 Å². The number of piperazine rings is 1. The van der Waals surface area contributed by atoms with Crippen molar-refractivity contribution < 1.29 is 18.0 Å². The van der Waals surface area contributed by atoms with Crippen molar-refractivity contribution in [1.82, 2.24) is 14.1 Å². The summed E-state index contributed by atoms with van der Waals surface area (Å²) in [6.07, 6.45) is 1.56. The molecule has 1 atom stereocenters. The van der Waals surface area contributed by atoms with Gasteiger partial charge in [0.05, 0.1) is 15.7 Å². The van der Waals surface area contributed by atoms with Gasteiger partial charge in [-0.1, -0.05) is 23.8 Å². The number of hydrogen-bond acceptors (Lipinski definition) is 5. The fraction of sp³-hybridized carbons (Fsp3) is 0.455. The van der Waals surface area contributed by atoms with Crippen molar-refractivity contribution in [2.45, 2.75) is 24.7 Å². The van der Waals surface area contributed by atoms with Gasteiger partial charge in [0.1, 0.15) is 0 Å². The number of nitrogens with zero attached hydrogens (tertiary/aromatic N) is 3. The maximum Gasteiger partial charge on any atom is 0.263 e. The molecule has 9 heteroatoms. The molecule has 2 aliphatic rings. The van der Waals surface area contributed by atoms with Crippen molar-refractivity contribution in [2.75, 3.05) is 39.3 Å². The molecule has 31 heavy (non-hydrogen) atoms. The molecule has 0 aliphatic carbocycles. The van der Waals surface area contributed by atoms with Gasteiger partial charge in [-0.2, -0.15) is 4.31 Å². The lowest BCUT2D eigenvalue weighted by molar-refractivity contribution is -0.138. The van der Waals surface area contributed by atoms with E-state index < -0.39 is 10.0 Å². The zero-order valence-corrected chi connectivity index (χ0v) is 19.2. The van der Waals surface area contributed by atoms with Crippen LogP contribution >= 0.6 is 11.3 Å². The number of aryl methyl sites for hydroxylation is 1. The number of thiophene rings is 1. The molecule has 0 bridgehead atoms. The van der Waals surface area contributed by atoms with Crippen molar-refractivity contribution in [3.63, 3.8) is 0 Å². The van der Waals surface area contributed by atoms with Crippen LogP contribution in [0.25, 0.3) is 0 Å². The zero-order valence-electron chi connectivity index (χ0n) is 17.6. The summed E-state index contributed by atoms with van der Waals surface area (Å²) in [5.41, 5.74) is 1.01. The fourth-order valence-electron chi connectivity index (χ4n) is 4.19. The van der Waals surface area contributed by atoms with Crippen LogP contribution in [0, 0.1) is 12.8 Å². The summed E-state index contributed by atoms with van der Waals surface area (Å²) < 4.78 is 27.2. The number of carbonyl (C=O) groups excluding carboxylic acids is 2. The molecule has 166 valence electrons. The van der Waals surface area contributed by atoms with Crippen LogP contribution in [-0.2, 0) is 14.8 Å². The number of hydrogen-bond donors (Lipinski definition) is 0. The second kappa shape index (κ2) is 9.10. The molecular formula is C22H27N3O4S2. The molecule has 2 fully saturated rings. The van der Waals surface area contributed by atoms with E-state index in [0.29, 0.717) is 31.1 Å². The summed E-state index contributed by atoms with van der Waals surface area (Å²) in [5, 5.41) is 1.88. The quantitative estimate of drug-likeness (QED) is 0.701. The van der Waals surface area contributed by atoms with Gasteiger partial charge in [-0.25, -0.2) is 8.42 Å². The van der Waals surface area contributed by atoms with Gasteiger partial charge in [-0.3, -0.25) is 9.59 Å². The number of carbonyl (C=O) groups is 2. The lowest BCUT2D eigenvalue weighted by Crippen LogP contribution is -2.54. The first-order valence-electron chi connectivity index (χ1n) is 10.5. The molecule has 2 saturated heterocycles. The van der Waals surface area contributed by atoms with Crippen LogP contribution in [0.5, 0.6) is 0 Å². The van der Waals surface area contributed by atoms with E-state index in [1.165, 1.54) is 15.6 Å². The molecule has 0 radical (unpaired) electrons. The topological polar surface area (TPSA) is 78.0 Å². The highest BCUT2D eigenvalue weighted by molar-refractivity contribution is 7.89. The Morgan fingerprint density at radius 3 is 2.32 bits per heavy atom. The Morgan fingerprint density at radius 2 is 1.68 bits per heavy atom. The molecule has 0 N–H and O–H groups in total. The average molecular weight is 462 g/mol. The van der Waals surface area contributed by atoms with Crippen LogP contribution in [0.15, 0.2) is 46.7 Å². The molecule has 1 aromatic heterocycles. The Labute approximate surface area is 187 Å². The van der Waals surface area contributed by atoms with Crippen LogP contribution < -0.4 is 0 Å². The minimum Gasteiger partial charge on any atom is -0.340 e. The van der Waals surface area contributed by atoms with E-state index in [0.717, 1.165) is 18.4 Å². The van der Waals surface area contributed by atoms with Crippen molar-refractivity contribution in [2.24, 2.45) is 5.92 Å². The number of likely N-dealkylation sites (tertiary alicyclic amines) is 1. The third-order valence-electron chi connectivity index (χ3n) is 6.00. The van der Waals surface area contributed by atoms with Crippen LogP contribution in [-0.4, -0.2) is 73.6 Å². The van der Waals surface area contributed by atoms with Crippen LogP contribution in [0.4, 0.5) is 0 Å². The first-order valence-corrected chi connectivity index (χ1v) is 12.9. The van der Waals surface area contributed by atoms with Crippen LogP contribution in [0.2, 0.25) is 0 Å². The second-order valence-electron chi connectivity index (χ2n) is 8.11. The molecular weight excluding hydrogens is 434 g/mol. The first-order chi connectivity index (χ1) is 14.9. The third kappa shape index (κ3) is 4.68. The predicted molar refractivity (Wildman–Crippen MR) is 119 cm³/mol. The van der Waals surface area contributed by atoms with Crippen molar-refractivity contribution >= 4 is 33.2 Å². The van der Waals surface area contributed by atoms with E-state index in [2.05, 4.69) is 0 Å². The van der Waals surface area contributed by atoms with Crippen LogP contribution in [0.3, 0.4) is 0 Å². The highest BCUT2D eigenvalue weighted by atomic mass is 32.2. The lowest BCUT2D eigenvalue weighted by atomic mass is 9.96. The number of rotatable bonds is 4. The van der Waals surface area contributed by atoms with Crippen LogP contribution in [0.1, 0.15) is 28.1 Å². The first kappa shape index (κ1) is 22.0. The number of benzene rings is 1. The smallest absolute Gasteiger partial charge is 0.263 e. The van der Waals surface area contributed by atoms with E-state index in [1.54, 1.807) is 34.1 Å². The summed E-state index contributed by atoms with van der Waals surface area (Å²) in [4.78, 5) is 30.3. The monoisotopic (exact) mass is 461 g/mol. The molecule has 0 spiro atoms. The van der Waals surface area contributed by atoms with E-state index in [1.807, 2.05) is 24.4 Å². The van der Waals surface area contributed by atoms with Crippen molar-refractivity contribution in [3.05, 3.63) is 52.2 Å². The van der Waals surface area contributed by atoms with E-state index in [-0.39, 0.29) is 35.7 Å². The highest BCUT2D eigenvalue weighted by Crippen LogP contribution is 2.24. The average Bonchev–Trinajstić information content (AvgIpc) is 3.33. The molecule has 2 aromatic rings. The molecule has 7 nitrogen and oxygen atoms in total. The zero-order chi connectivity index (χ0) is 22.0. The van der Waals surface area contributed by atoms with E-state index >= 15 is 0 Å². The normalized spacial score (nSPS) is 20.6. The Balaban J connectivity index is 1.35. The number of piperidine rings is 1. The number of amides is 2. The van der Waals surface area contributed by atoms with Gasteiger partial charge in [0.25, 0.3) is 5.91 Å². The van der Waals surface area contributed by atoms with E-state index in [9.17, 15) is 18.0 Å². The lowest BCUT2D eigenvalue weighted by Gasteiger charge is -2.38. The summed E-state index contributed by atoms with van der Waals surface area (Å²) in [6.45, 7) is 4.33.